The highest BCUT2D eigenvalue weighted by Gasteiger charge is 2.30. The molecule has 1 heterocycles. The van der Waals surface area contributed by atoms with Gasteiger partial charge in [0.05, 0.1) is 45.7 Å². The zero-order valence-electron chi connectivity index (χ0n) is 28.6. The van der Waals surface area contributed by atoms with E-state index in [0.29, 0.717) is 54.3 Å². The second-order valence-electron chi connectivity index (χ2n) is 12.2. The number of aromatic nitrogens is 1. The van der Waals surface area contributed by atoms with Gasteiger partial charge in [-0.1, -0.05) is 26.0 Å². The monoisotopic (exact) mass is 656 g/mol. The predicted molar refractivity (Wildman–Crippen MR) is 186 cm³/mol. The molecule has 3 aromatic carbocycles. The van der Waals surface area contributed by atoms with Gasteiger partial charge in [0, 0.05) is 37.2 Å². The zero-order chi connectivity index (χ0) is 34.5. The molecule has 0 saturated carbocycles. The average Bonchev–Trinajstić information content (AvgIpc) is 3.34. The van der Waals surface area contributed by atoms with Crippen molar-refractivity contribution in [3.05, 3.63) is 76.1 Å². The maximum absolute atomic E-state index is 13.9. The molecule has 5 rings (SSSR count). The van der Waals surface area contributed by atoms with Crippen molar-refractivity contribution in [1.82, 2.24) is 15.2 Å². The number of ether oxygens (including phenoxy) is 4. The van der Waals surface area contributed by atoms with Crippen LogP contribution in [0.25, 0.3) is 22.0 Å². The number of benzene rings is 2. The van der Waals surface area contributed by atoms with Crippen molar-refractivity contribution in [3.8, 4) is 34.1 Å². The van der Waals surface area contributed by atoms with Crippen LogP contribution < -0.4 is 40.3 Å². The molecule has 2 amide bonds. The molecule has 4 aromatic rings. The Balaban J connectivity index is 1.47. The number of methoxy groups -OCH3 is 4. The second-order valence-corrected chi connectivity index (χ2v) is 12.2. The van der Waals surface area contributed by atoms with Gasteiger partial charge >= 0.3 is 0 Å². The van der Waals surface area contributed by atoms with E-state index in [4.69, 9.17) is 18.9 Å². The first kappa shape index (κ1) is 34.2. The summed E-state index contributed by atoms with van der Waals surface area (Å²) < 4.78 is 24.7. The van der Waals surface area contributed by atoms with Gasteiger partial charge in [-0.25, -0.2) is 0 Å². The lowest BCUT2D eigenvalue weighted by atomic mass is 9.95. The minimum Gasteiger partial charge on any atom is -0.496 e. The van der Waals surface area contributed by atoms with E-state index in [0.717, 1.165) is 27.8 Å². The summed E-state index contributed by atoms with van der Waals surface area (Å²) in [5, 5.41) is 10.3. The van der Waals surface area contributed by atoms with E-state index >= 15 is 0 Å². The average molecular weight is 657 g/mol. The number of carbonyl (C=O) groups excluding carboxylic acids is 2. The van der Waals surface area contributed by atoms with Crippen LogP contribution in [0.2, 0.25) is 0 Å². The van der Waals surface area contributed by atoms with Crippen LogP contribution in [0.4, 0.5) is 5.69 Å². The molecular formula is C37H44N4O7. The Labute approximate surface area is 280 Å². The number of fused-ring (bicyclic) bond motifs is 4. The fourth-order valence-corrected chi connectivity index (χ4v) is 6.51. The first-order valence-electron chi connectivity index (χ1n) is 16.0. The number of nitrogens with one attached hydrogen (secondary N) is 3. The van der Waals surface area contributed by atoms with Crippen molar-refractivity contribution >= 4 is 28.4 Å². The normalized spacial score (nSPS) is 14.3. The van der Waals surface area contributed by atoms with Gasteiger partial charge < -0.3 is 39.5 Å². The van der Waals surface area contributed by atoms with Crippen LogP contribution in [0.3, 0.4) is 0 Å². The van der Waals surface area contributed by atoms with E-state index in [9.17, 15) is 14.4 Å². The van der Waals surface area contributed by atoms with Gasteiger partial charge in [0.15, 0.2) is 11.5 Å². The van der Waals surface area contributed by atoms with Gasteiger partial charge in [-0.05, 0) is 71.8 Å². The van der Waals surface area contributed by atoms with E-state index in [1.165, 1.54) is 6.92 Å². The van der Waals surface area contributed by atoms with Gasteiger partial charge in [0.25, 0.3) is 0 Å². The lowest BCUT2D eigenvalue weighted by molar-refractivity contribution is -0.122. The molecule has 3 N–H and O–H groups in total. The van der Waals surface area contributed by atoms with Crippen LogP contribution in [-0.4, -0.2) is 57.4 Å². The molecule has 0 unspecified atom stereocenters. The van der Waals surface area contributed by atoms with Crippen molar-refractivity contribution in [2.45, 2.75) is 52.2 Å². The number of hydrogen-bond donors (Lipinski definition) is 3. The molecule has 0 saturated heterocycles. The Hall–Kier alpha value is -5.19. The third-order valence-electron chi connectivity index (χ3n) is 8.82. The highest BCUT2D eigenvalue weighted by atomic mass is 16.5. The Morgan fingerprint density at radius 1 is 0.938 bits per heavy atom. The molecular weight excluding hydrogens is 612 g/mol. The molecule has 2 atom stereocenters. The van der Waals surface area contributed by atoms with Gasteiger partial charge in [0.2, 0.25) is 23.0 Å². The summed E-state index contributed by atoms with van der Waals surface area (Å²) in [4.78, 5) is 39.7. The Kier molecular flexibility index (Phi) is 10.5. The summed E-state index contributed by atoms with van der Waals surface area (Å²) in [6, 6.07) is 13.7. The van der Waals surface area contributed by atoms with Crippen LogP contribution >= 0.6 is 0 Å². The summed E-state index contributed by atoms with van der Waals surface area (Å²) in [5.41, 5.74) is 4.03. The lowest BCUT2D eigenvalue weighted by Gasteiger charge is -2.22. The van der Waals surface area contributed by atoms with Gasteiger partial charge in [-0.3, -0.25) is 14.4 Å². The molecule has 254 valence electrons. The van der Waals surface area contributed by atoms with Crippen molar-refractivity contribution in [2.75, 3.05) is 40.3 Å². The minimum absolute atomic E-state index is 0.130. The number of amides is 2. The summed E-state index contributed by atoms with van der Waals surface area (Å²) in [5.74, 6) is 1.66. The van der Waals surface area contributed by atoms with Crippen molar-refractivity contribution in [3.63, 3.8) is 0 Å². The molecule has 1 aromatic heterocycles. The van der Waals surface area contributed by atoms with E-state index in [-0.39, 0.29) is 28.8 Å². The number of anilines is 1. The summed E-state index contributed by atoms with van der Waals surface area (Å²) in [6.07, 6.45) is 3.11. The van der Waals surface area contributed by atoms with Crippen LogP contribution in [0.5, 0.6) is 23.0 Å². The Bertz CT molecular complexity index is 1880. The van der Waals surface area contributed by atoms with Crippen LogP contribution in [0, 0.1) is 5.92 Å². The third-order valence-corrected chi connectivity index (χ3v) is 8.82. The first-order chi connectivity index (χ1) is 23.1. The second kappa shape index (κ2) is 14.7. The fourth-order valence-electron chi connectivity index (χ4n) is 6.51. The smallest absolute Gasteiger partial charge is 0.242 e. The number of carbonyl (C=O) groups is 2. The number of nitrogens with zero attached hydrogens (tertiary/aromatic N) is 1. The van der Waals surface area contributed by atoms with Gasteiger partial charge in [-0.2, -0.15) is 0 Å². The lowest BCUT2D eigenvalue weighted by Crippen LogP contribution is -2.44. The molecule has 0 radical (unpaired) electrons. The minimum atomic E-state index is -0.682. The van der Waals surface area contributed by atoms with E-state index in [1.807, 2.05) is 56.4 Å². The highest BCUT2D eigenvalue weighted by Crippen LogP contribution is 2.50. The van der Waals surface area contributed by atoms with Gasteiger partial charge in [0.1, 0.15) is 11.8 Å². The van der Waals surface area contributed by atoms with Crippen LogP contribution in [0.15, 0.2) is 59.5 Å². The molecule has 48 heavy (non-hydrogen) atoms. The molecule has 11 heteroatoms. The van der Waals surface area contributed by atoms with Crippen LogP contribution in [0.1, 0.15) is 44.4 Å². The molecule has 1 aliphatic rings. The molecule has 0 fully saturated rings. The Morgan fingerprint density at radius 3 is 2.35 bits per heavy atom. The zero-order valence-corrected chi connectivity index (χ0v) is 28.6. The largest absolute Gasteiger partial charge is 0.496 e. The van der Waals surface area contributed by atoms with Crippen LogP contribution in [-0.2, 0) is 22.6 Å². The molecule has 0 aliphatic heterocycles. The quantitative estimate of drug-likeness (QED) is 0.193. The fraction of sp³-hybridized carbons (Fsp3) is 0.378. The Morgan fingerprint density at radius 2 is 1.69 bits per heavy atom. The number of hydrogen-bond acceptors (Lipinski definition) is 8. The van der Waals surface area contributed by atoms with Gasteiger partial charge in [-0.15, -0.1) is 0 Å². The van der Waals surface area contributed by atoms with E-state index < -0.39 is 12.1 Å². The molecule has 0 spiro atoms. The topological polar surface area (TPSA) is 129 Å². The highest BCUT2D eigenvalue weighted by molar-refractivity contribution is 5.87. The maximum Gasteiger partial charge on any atom is 0.242 e. The summed E-state index contributed by atoms with van der Waals surface area (Å²) in [7, 11) is 6.32. The van der Waals surface area contributed by atoms with Crippen molar-refractivity contribution in [1.29, 1.82) is 0 Å². The van der Waals surface area contributed by atoms with E-state index in [2.05, 4.69) is 20.5 Å². The standard InChI is InChI=1S/C37H44N4O7/c1-21(2)34(37(44)38-16-18-41-17-15-25-29(41)9-8-10-31(25)45-4)40-28-14-12-24-26(20-30(28)43)27(39-22(3)42)13-11-23-19-32(46-5)35(47-6)36(48-7)33(23)24/h8-10,12,14-15,17,19-21,27,34H,11,13,16,18H2,1-7H3,(H,38,44)(H,39,42)(H,40,43)/t27-,34-/m1/s1. The molecule has 1 aliphatic carbocycles. The SMILES string of the molecule is COc1cc2c(c(OC)c1OC)-c1ccc(N[C@@H](C(=O)NCCn3ccc4c(OC)cccc43)C(C)C)c(=O)cc1[C@H](NC(C)=O)CC2. The first-order valence-corrected chi connectivity index (χ1v) is 16.0. The predicted octanol–water partition coefficient (Wildman–Crippen LogP) is 5.08. The van der Waals surface area contributed by atoms with Crippen molar-refractivity contribution in [2.24, 2.45) is 5.92 Å². The maximum atomic E-state index is 13.9. The molecule has 11 nitrogen and oxygen atoms in total. The van der Waals surface area contributed by atoms with E-state index in [1.54, 1.807) is 40.6 Å². The van der Waals surface area contributed by atoms with Crippen molar-refractivity contribution < 1.29 is 28.5 Å². The summed E-state index contributed by atoms with van der Waals surface area (Å²) >= 11 is 0. The summed E-state index contributed by atoms with van der Waals surface area (Å²) in [6.45, 7) is 6.28. The number of aryl methyl sites for hydroxylation is 1. The third kappa shape index (κ3) is 6.76. The number of rotatable bonds is 12. The molecule has 0 bridgehead atoms.